The molecule has 3 aliphatic rings. The molecular weight excluding hydrogens is 652 g/mol. The molecule has 13 heteroatoms. The molecule has 49 heavy (non-hydrogen) atoms. The van der Waals surface area contributed by atoms with Crippen molar-refractivity contribution in [2.24, 2.45) is 0 Å². The quantitative estimate of drug-likeness (QED) is 0.0917. The Morgan fingerprint density at radius 1 is 1.12 bits per heavy atom. The number of thioether (sulfide) groups is 1. The van der Waals surface area contributed by atoms with Crippen molar-refractivity contribution < 1.29 is 32.5 Å². The minimum absolute atomic E-state index is 0.0411. The number of anilines is 1. The zero-order chi connectivity index (χ0) is 34.6. The molecule has 2 fully saturated rings. The summed E-state index contributed by atoms with van der Waals surface area (Å²) in [6, 6.07) is 5.63. The molecule has 4 aromatic rings. The third kappa shape index (κ3) is 5.84. The molecule has 5 heterocycles. The lowest BCUT2D eigenvalue weighted by Crippen LogP contribution is -2.63. The molecule has 0 spiro atoms. The molecule has 1 amide bonds. The molecule has 10 nitrogen and oxygen atoms in total. The van der Waals surface area contributed by atoms with Crippen LogP contribution in [-0.2, 0) is 9.47 Å². The second-order valence-corrected chi connectivity index (χ2v) is 14.4. The van der Waals surface area contributed by atoms with E-state index in [1.54, 1.807) is 25.1 Å². The number of hydrogen-bond acceptors (Lipinski definition) is 10. The van der Waals surface area contributed by atoms with Gasteiger partial charge in [0, 0.05) is 24.6 Å². The number of benzene rings is 2. The van der Waals surface area contributed by atoms with E-state index in [2.05, 4.69) is 16.7 Å². The van der Waals surface area contributed by atoms with Gasteiger partial charge in [-0.1, -0.05) is 30.7 Å². The number of ether oxygens (including phenoxy) is 4. The lowest BCUT2D eigenvalue weighted by atomic mass is 9.95. The van der Waals surface area contributed by atoms with E-state index in [-0.39, 0.29) is 65.8 Å². The van der Waals surface area contributed by atoms with Gasteiger partial charge < -0.3 is 23.8 Å². The Kier molecular flexibility index (Phi) is 8.65. The highest BCUT2D eigenvalue weighted by atomic mass is 32.2. The Labute approximate surface area is 287 Å². The van der Waals surface area contributed by atoms with Crippen LogP contribution in [0.3, 0.4) is 0 Å². The van der Waals surface area contributed by atoms with Gasteiger partial charge in [-0.2, -0.15) is 0 Å². The molecule has 2 aromatic heterocycles. The van der Waals surface area contributed by atoms with Crippen molar-refractivity contribution in [1.82, 2.24) is 19.9 Å². The standard InChI is InChI=1S/C36H37F2N5O5S/c1-7-9-22-24(37)12-10-19-14-21(47-18-45-6)15-23(27(19)22)30-29(38)31-28-32(41-34(40-31)49-8-2)42-16-20-11-13-25(26(42)17-46-33(28)39-30)43(20)35(44)48-36(3,4)5/h10,12,14-15,20,25-26H,8,11,13,16-18H2,1-6H3/t20-,25+,26-/m1/s1. The second-order valence-electron chi connectivity index (χ2n) is 13.2. The average Bonchev–Trinajstić information content (AvgIpc) is 3.30. The van der Waals surface area contributed by atoms with E-state index in [4.69, 9.17) is 33.9 Å². The van der Waals surface area contributed by atoms with Crippen molar-refractivity contribution in [3.05, 3.63) is 41.5 Å². The van der Waals surface area contributed by atoms with Gasteiger partial charge in [-0.3, -0.25) is 4.90 Å². The van der Waals surface area contributed by atoms with Crippen molar-refractivity contribution in [3.63, 3.8) is 0 Å². The number of carbonyl (C=O) groups is 1. The third-order valence-electron chi connectivity index (χ3n) is 8.94. The van der Waals surface area contributed by atoms with E-state index in [1.165, 1.54) is 24.9 Å². The minimum Gasteiger partial charge on any atom is -0.475 e. The largest absolute Gasteiger partial charge is 0.475 e. The van der Waals surface area contributed by atoms with Gasteiger partial charge in [0.2, 0.25) is 5.88 Å². The van der Waals surface area contributed by atoms with E-state index in [0.717, 1.165) is 12.8 Å². The lowest BCUT2D eigenvalue weighted by molar-refractivity contribution is 0.00539. The molecule has 0 N–H and O–H groups in total. The fourth-order valence-electron chi connectivity index (χ4n) is 7.09. The van der Waals surface area contributed by atoms with E-state index in [1.807, 2.05) is 32.6 Å². The van der Waals surface area contributed by atoms with Crippen molar-refractivity contribution in [1.29, 1.82) is 0 Å². The van der Waals surface area contributed by atoms with E-state index >= 15 is 8.78 Å². The van der Waals surface area contributed by atoms with Crippen LogP contribution in [-0.4, -0.2) is 82.5 Å². The van der Waals surface area contributed by atoms with Crippen LogP contribution in [0.5, 0.6) is 11.6 Å². The van der Waals surface area contributed by atoms with Crippen LogP contribution in [0.4, 0.5) is 19.4 Å². The van der Waals surface area contributed by atoms with Crippen LogP contribution >= 0.6 is 11.8 Å². The second kappa shape index (κ2) is 12.8. The minimum atomic E-state index is -0.706. The van der Waals surface area contributed by atoms with Gasteiger partial charge in [-0.15, -0.1) is 5.92 Å². The van der Waals surface area contributed by atoms with Crippen LogP contribution in [0, 0.1) is 23.5 Å². The van der Waals surface area contributed by atoms with Gasteiger partial charge in [-0.05, 0) is 69.9 Å². The molecule has 2 saturated heterocycles. The zero-order valence-electron chi connectivity index (χ0n) is 28.2. The Morgan fingerprint density at radius 3 is 2.67 bits per heavy atom. The average molecular weight is 690 g/mol. The number of fused-ring (bicyclic) bond motifs is 6. The van der Waals surface area contributed by atoms with Crippen molar-refractivity contribution in [2.75, 3.05) is 37.7 Å². The first kappa shape index (κ1) is 33.1. The van der Waals surface area contributed by atoms with Crippen LogP contribution in [0.1, 0.15) is 53.0 Å². The summed E-state index contributed by atoms with van der Waals surface area (Å²) in [5.74, 6) is 6.09. The summed E-state index contributed by atoms with van der Waals surface area (Å²) < 4.78 is 55.7. The summed E-state index contributed by atoms with van der Waals surface area (Å²) in [5.41, 5.74) is -0.313. The highest BCUT2D eigenvalue weighted by Crippen LogP contribution is 2.46. The number of amides is 1. The number of methoxy groups -OCH3 is 1. The number of pyridine rings is 1. The number of carbonyl (C=O) groups excluding carboxylic acids is 1. The monoisotopic (exact) mass is 689 g/mol. The molecule has 0 radical (unpaired) electrons. The van der Waals surface area contributed by atoms with Crippen LogP contribution in [0.15, 0.2) is 29.4 Å². The number of halogens is 2. The van der Waals surface area contributed by atoms with Crippen molar-refractivity contribution in [2.45, 2.75) is 76.3 Å². The molecule has 3 atom stereocenters. The van der Waals surface area contributed by atoms with Gasteiger partial charge in [0.25, 0.3) is 0 Å². The van der Waals surface area contributed by atoms with Crippen molar-refractivity contribution >= 4 is 45.3 Å². The zero-order valence-corrected chi connectivity index (χ0v) is 29.0. The van der Waals surface area contributed by atoms with Gasteiger partial charge in [0.1, 0.15) is 46.2 Å². The SMILES string of the molecule is CC#Cc1c(F)ccc2cc(OCOC)cc(-c3nc4c5c(nc(SCC)nc5c3F)N3C[C@H]5CC[C@@H]([C@H]3CO4)N5C(=O)OC(C)(C)C)c12. The van der Waals surface area contributed by atoms with Crippen LogP contribution in [0.2, 0.25) is 0 Å². The summed E-state index contributed by atoms with van der Waals surface area (Å²) in [4.78, 5) is 31.8. The molecule has 256 valence electrons. The number of rotatable bonds is 6. The third-order valence-corrected chi connectivity index (χ3v) is 9.67. The molecule has 3 aliphatic heterocycles. The van der Waals surface area contributed by atoms with Gasteiger partial charge in [0.05, 0.1) is 23.7 Å². The van der Waals surface area contributed by atoms with Crippen LogP contribution in [0.25, 0.3) is 32.9 Å². The Bertz CT molecular complexity index is 2040. The highest BCUT2D eigenvalue weighted by Gasteiger charge is 2.51. The Morgan fingerprint density at radius 2 is 1.94 bits per heavy atom. The summed E-state index contributed by atoms with van der Waals surface area (Å²) in [7, 11) is 1.50. The molecular formula is C36H37F2N5O5S. The number of aromatic nitrogens is 3. The Hall–Kier alpha value is -4.41. The number of nitrogens with zero attached hydrogens (tertiary/aromatic N) is 5. The normalized spacial score (nSPS) is 19.6. The summed E-state index contributed by atoms with van der Waals surface area (Å²) in [5, 5.41) is 1.72. The maximum atomic E-state index is 17.2. The van der Waals surface area contributed by atoms with Crippen molar-refractivity contribution in [3.8, 4) is 34.7 Å². The maximum Gasteiger partial charge on any atom is 0.410 e. The topological polar surface area (TPSA) is 99.1 Å². The summed E-state index contributed by atoms with van der Waals surface area (Å²) in [6.07, 6.45) is 1.20. The number of hydrogen-bond donors (Lipinski definition) is 0. The molecule has 0 aliphatic carbocycles. The number of piperazine rings is 1. The molecule has 2 bridgehead atoms. The first-order chi connectivity index (χ1) is 23.5. The molecule has 0 saturated carbocycles. The summed E-state index contributed by atoms with van der Waals surface area (Å²) >= 11 is 1.40. The van der Waals surface area contributed by atoms with E-state index in [9.17, 15) is 4.79 Å². The molecule has 2 aromatic carbocycles. The first-order valence-electron chi connectivity index (χ1n) is 16.3. The fourth-order valence-corrected chi connectivity index (χ4v) is 7.66. The predicted molar refractivity (Wildman–Crippen MR) is 183 cm³/mol. The van der Waals surface area contributed by atoms with Gasteiger partial charge in [0.15, 0.2) is 17.8 Å². The Balaban J connectivity index is 1.43. The van der Waals surface area contributed by atoms with Crippen LogP contribution < -0.4 is 14.4 Å². The van der Waals surface area contributed by atoms with E-state index in [0.29, 0.717) is 45.2 Å². The van der Waals surface area contributed by atoms with E-state index < -0.39 is 17.2 Å². The fraction of sp³-hybridized carbons (Fsp3) is 0.444. The first-order valence-corrected chi connectivity index (χ1v) is 17.3. The molecule has 0 unspecified atom stereocenters. The lowest BCUT2D eigenvalue weighted by Gasteiger charge is -2.46. The maximum absolute atomic E-state index is 17.2. The highest BCUT2D eigenvalue weighted by molar-refractivity contribution is 7.99. The van der Waals surface area contributed by atoms with Gasteiger partial charge in [-0.25, -0.2) is 28.5 Å². The smallest absolute Gasteiger partial charge is 0.410 e. The van der Waals surface area contributed by atoms with Gasteiger partial charge >= 0.3 is 6.09 Å². The molecule has 7 rings (SSSR count). The predicted octanol–water partition coefficient (Wildman–Crippen LogP) is 6.94. The summed E-state index contributed by atoms with van der Waals surface area (Å²) in [6.45, 7) is 9.73.